The predicted octanol–water partition coefficient (Wildman–Crippen LogP) is 7.74. The Morgan fingerprint density at radius 2 is 1.33 bits per heavy atom. The lowest BCUT2D eigenvalue weighted by atomic mass is 10.1. The zero-order valence-corrected chi connectivity index (χ0v) is 23.5. The number of allylic oxidation sites excluding steroid dienone is 6. The molecule has 0 saturated heterocycles. The van der Waals surface area contributed by atoms with Crippen LogP contribution >= 0.6 is 0 Å². The second-order valence-corrected chi connectivity index (χ2v) is 10.1. The van der Waals surface area contributed by atoms with Crippen LogP contribution in [-0.4, -0.2) is 32.3 Å². The largest absolute Gasteiger partial charge is 0.485 e. The van der Waals surface area contributed by atoms with Crippen molar-refractivity contribution >= 4 is 16.6 Å². The van der Waals surface area contributed by atoms with Crippen molar-refractivity contribution in [2.24, 2.45) is 0 Å². The minimum Gasteiger partial charge on any atom is -0.485 e. The van der Waals surface area contributed by atoms with Gasteiger partial charge in [-0.15, -0.1) is 0 Å². The van der Waals surface area contributed by atoms with Crippen LogP contribution in [0.15, 0.2) is 69.6 Å². The number of aromatic amines is 1. The molecule has 36 heavy (non-hydrogen) atoms. The topological polar surface area (TPSA) is 54.6 Å². The van der Waals surface area contributed by atoms with E-state index in [1.165, 1.54) is 22.3 Å². The number of hydrogen-bond donors (Lipinski definition) is 1. The number of anilines is 1. The predicted molar refractivity (Wildman–Crippen MR) is 155 cm³/mol. The van der Waals surface area contributed by atoms with Gasteiger partial charge in [0.1, 0.15) is 13.2 Å². The molecular weight excluding hydrogens is 448 g/mol. The molecule has 5 heteroatoms. The van der Waals surface area contributed by atoms with E-state index in [1.54, 1.807) is 0 Å². The maximum Gasteiger partial charge on any atom is 0.294 e. The fourth-order valence-corrected chi connectivity index (χ4v) is 3.71. The van der Waals surface area contributed by atoms with E-state index in [-0.39, 0.29) is 11.3 Å². The monoisotopic (exact) mass is 492 g/mol. The Labute approximate surface area is 217 Å². The first-order valence-corrected chi connectivity index (χ1v) is 12.8. The van der Waals surface area contributed by atoms with Gasteiger partial charge >= 0.3 is 0 Å². The van der Waals surface area contributed by atoms with Crippen molar-refractivity contribution in [2.45, 2.75) is 67.2 Å². The minimum absolute atomic E-state index is 0.226. The van der Waals surface area contributed by atoms with E-state index in [0.29, 0.717) is 19.0 Å². The molecule has 1 aromatic heterocycles. The standard InChI is InChI=1S/C31H44N2O3/c1-22(2)11-9-13-24(5)17-19-35-29-27-16-15-26(33(7)8)21-28(27)32-31(34)30(29)36-20-18-25(6)14-10-12-23(3)4/h11-12,15-18,21H,9-10,13-14,19-20H2,1-8H3,(H,32,34)/b24-17+,25-18+. The van der Waals surface area contributed by atoms with Gasteiger partial charge in [0.05, 0.1) is 5.52 Å². The molecule has 0 fully saturated rings. The summed E-state index contributed by atoms with van der Waals surface area (Å²) in [5, 5.41) is 0.829. The van der Waals surface area contributed by atoms with Crippen molar-refractivity contribution in [1.29, 1.82) is 0 Å². The van der Waals surface area contributed by atoms with E-state index >= 15 is 0 Å². The number of hydrogen-bond acceptors (Lipinski definition) is 4. The quantitative estimate of drug-likeness (QED) is 0.291. The molecule has 196 valence electrons. The molecular formula is C31H44N2O3. The molecule has 0 aliphatic rings. The number of benzene rings is 1. The summed E-state index contributed by atoms with van der Waals surface area (Å²) < 4.78 is 12.2. The van der Waals surface area contributed by atoms with Crippen molar-refractivity contribution in [1.82, 2.24) is 4.98 Å². The third-order valence-electron chi connectivity index (χ3n) is 5.93. The van der Waals surface area contributed by atoms with Gasteiger partial charge in [-0.3, -0.25) is 4.79 Å². The van der Waals surface area contributed by atoms with Crippen molar-refractivity contribution in [2.75, 3.05) is 32.2 Å². The summed E-state index contributed by atoms with van der Waals surface area (Å²) in [5.41, 5.74) is 6.59. The fourth-order valence-electron chi connectivity index (χ4n) is 3.71. The van der Waals surface area contributed by atoms with Gasteiger partial charge in [0.25, 0.3) is 5.56 Å². The average Bonchev–Trinajstić information content (AvgIpc) is 2.79. The summed E-state index contributed by atoms with van der Waals surface area (Å²) in [6.45, 7) is 13.3. The average molecular weight is 493 g/mol. The molecule has 1 heterocycles. The first kappa shape index (κ1) is 29.0. The summed E-state index contributed by atoms with van der Waals surface area (Å²) in [6.07, 6.45) is 12.6. The minimum atomic E-state index is -0.284. The first-order chi connectivity index (χ1) is 17.1. The lowest BCUT2D eigenvalue weighted by Crippen LogP contribution is -2.15. The van der Waals surface area contributed by atoms with Gasteiger partial charge in [0.2, 0.25) is 5.75 Å². The summed E-state index contributed by atoms with van der Waals surface area (Å²) in [7, 11) is 3.95. The third kappa shape index (κ3) is 9.44. The van der Waals surface area contributed by atoms with Crippen molar-refractivity contribution in [3.63, 3.8) is 0 Å². The lowest BCUT2D eigenvalue weighted by molar-refractivity contribution is 0.306. The van der Waals surface area contributed by atoms with Crippen LogP contribution in [0.25, 0.3) is 10.9 Å². The summed E-state index contributed by atoms with van der Waals surface area (Å²) >= 11 is 0. The summed E-state index contributed by atoms with van der Waals surface area (Å²) in [5.74, 6) is 0.715. The van der Waals surface area contributed by atoms with Gasteiger partial charge in [-0.1, -0.05) is 34.4 Å². The highest BCUT2D eigenvalue weighted by molar-refractivity contribution is 5.89. The molecule has 5 nitrogen and oxygen atoms in total. The zero-order valence-electron chi connectivity index (χ0n) is 23.5. The van der Waals surface area contributed by atoms with Crippen LogP contribution in [0.1, 0.15) is 67.2 Å². The molecule has 0 amide bonds. The number of nitrogens with zero attached hydrogens (tertiary/aromatic N) is 1. The van der Waals surface area contributed by atoms with Crippen molar-refractivity contribution in [3.8, 4) is 11.5 Å². The number of H-pyrrole nitrogens is 1. The Morgan fingerprint density at radius 1 is 0.806 bits per heavy atom. The van der Waals surface area contributed by atoms with Gasteiger partial charge in [0, 0.05) is 25.2 Å². The molecule has 0 aliphatic heterocycles. The molecule has 0 bridgehead atoms. The van der Waals surface area contributed by atoms with E-state index in [2.05, 4.69) is 64.8 Å². The van der Waals surface area contributed by atoms with Crippen molar-refractivity contribution < 1.29 is 9.47 Å². The van der Waals surface area contributed by atoms with E-state index in [4.69, 9.17) is 9.47 Å². The van der Waals surface area contributed by atoms with Crippen LogP contribution in [0.3, 0.4) is 0 Å². The number of pyridine rings is 1. The molecule has 0 spiro atoms. The number of aromatic nitrogens is 1. The maximum atomic E-state index is 13.0. The Bertz CT molecular complexity index is 1190. The third-order valence-corrected chi connectivity index (χ3v) is 5.93. The Balaban J connectivity index is 2.29. The van der Waals surface area contributed by atoms with E-state index < -0.39 is 0 Å². The van der Waals surface area contributed by atoms with Crippen LogP contribution in [-0.2, 0) is 0 Å². The van der Waals surface area contributed by atoms with Crippen LogP contribution in [0.2, 0.25) is 0 Å². The maximum absolute atomic E-state index is 13.0. The van der Waals surface area contributed by atoms with Crippen LogP contribution in [0, 0.1) is 0 Å². The summed E-state index contributed by atoms with van der Waals surface area (Å²) in [6, 6.07) is 5.96. The second-order valence-electron chi connectivity index (χ2n) is 10.1. The molecule has 0 saturated carbocycles. The second kappa shape index (κ2) is 14.4. The van der Waals surface area contributed by atoms with E-state index in [0.717, 1.165) is 42.3 Å². The Kier molecular flexibility index (Phi) is 11.6. The van der Waals surface area contributed by atoms with Crippen LogP contribution in [0.5, 0.6) is 11.5 Å². The highest BCUT2D eigenvalue weighted by atomic mass is 16.5. The number of ether oxygens (including phenoxy) is 2. The van der Waals surface area contributed by atoms with Crippen LogP contribution < -0.4 is 19.9 Å². The number of fused-ring (bicyclic) bond motifs is 1. The van der Waals surface area contributed by atoms with E-state index in [1.807, 2.05) is 43.3 Å². The molecule has 2 aromatic rings. The highest BCUT2D eigenvalue weighted by Gasteiger charge is 2.16. The number of rotatable bonds is 13. The molecule has 2 rings (SSSR count). The Hall–Kier alpha value is -3.21. The van der Waals surface area contributed by atoms with E-state index in [9.17, 15) is 4.79 Å². The molecule has 1 N–H and O–H groups in total. The molecule has 1 aromatic carbocycles. The van der Waals surface area contributed by atoms with Crippen LogP contribution in [0.4, 0.5) is 5.69 Å². The van der Waals surface area contributed by atoms with Gasteiger partial charge in [0.15, 0.2) is 5.75 Å². The lowest BCUT2D eigenvalue weighted by Gasteiger charge is -2.16. The van der Waals surface area contributed by atoms with Gasteiger partial charge in [-0.25, -0.2) is 0 Å². The van der Waals surface area contributed by atoms with Gasteiger partial charge in [-0.05, 0) is 97.6 Å². The molecule has 0 radical (unpaired) electrons. The summed E-state index contributed by atoms with van der Waals surface area (Å²) in [4.78, 5) is 18.0. The normalized spacial score (nSPS) is 11.9. The highest BCUT2D eigenvalue weighted by Crippen LogP contribution is 2.33. The van der Waals surface area contributed by atoms with Gasteiger partial charge < -0.3 is 19.4 Å². The SMILES string of the molecule is CC(C)=CCC/C(C)=C/COc1c(OC/C=C(\C)CCC=C(C)C)c2ccc(N(C)C)cc2[nH]c1=O. The van der Waals surface area contributed by atoms with Gasteiger partial charge in [-0.2, -0.15) is 0 Å². The number of nitrogens with one attached hydrogen (secondary N) is 1. The molecule has 0 aliphatic carbocycles. The van der Waals surface area contributed by atoms with Crippen molar-refractivity contribution in [3.05, 3.63) is 75.1 Å². The molecule has 0 atom stereocenters. The fraction of sp³-hybridized carbons (Fsp3) is 0.452. The molecule has 0 unspecified atom stereocenters. The smallest absolute Gasteiger partial charge is 0.294 e. The zero-order chi connectivity index (χ0) is 26.7. The first-order valence-electron chi connectivity index (χ1n) is 12.8. The Morgan fingerprint density at radius 3 is 1.83 bits per heavy atom.